The summed E-state index contributed by atoms with van der Waals surface area (Å²) in [5.41, 5.74) is 1.51. The second-order valence-corrected chi connectivity index (χ2v) is 7.36. The maximum absolute atomic E-state index is 14.4. The number of nitrogens with zero attached hydrogens (tertiary/aromatic N) is 4. The first-order valence-electron chi connectivity index (χ1n) is 10.2. The third-order valence-corrected chi connectivity index (χ3v) is 5.35. The van der Waals surface area contributed by atoms with Crippen LogP contribution >= 0.6 is 0 Å². The summed E-state index contributed by atoms with van der Waals surface area (Å²) in [5, 5.41) is 4.00. The van der Waals surface area contributed by atoms with Gasteiger partial charge in [0, 0.05) is 48.9 Å². The number of nitrogens with one attached hydrogen (secondary N) is 2. The maximum Gasteiger partial charge on any atom is 0.222 e. The molecule has 1 aliphatic heterocycles. The SMILES string of the molecule is CCCC(=O)N1CCCCC1CNc1nc(-c2c[nH]c3ncccc23)ncc1F. The molecule has 0 spiro atoms. The summed E-state index contributed by atoms with van der Waals surface area (Å²) >= 11 is 0. The highest BCUT2D eigenvalue weighted by atomic mass is 19.1. The minimum Gasteiger partial charge on any atom is -0.365 e. The van der Waals surface area contributed by atoms with Gasteiger partial charge in [0.2, 0.25) is 5.91 Å². The van der Waals surface area contributed by atoms with Crippen molar-refractivity contribution in [2.75, 3.05) is 18.4 Å². The summed E-state index contributed by atoms with van der Waals surface area (Å²) in [6, 6.07) is 3.82. The van der Waals surface area contributed by atoms with Gasteiger partial charge in [-0.2, -0.15) is 0 Å². The van der Waals surface area contributed by atoms with E-state index in [4.69, 9.17) is 0 Å². The minimum absolute atomic E-state index is 0.0536. The molecule has 1 atom stereocenters. The number of amides is 1. The Morgan fingerprint density at radius 2 is 2.28 bits per heavy atom. The standard InChI is InChI=1S/C21H25FN6O/c1-2-6-18(29)28-10-4-3-7-14(28)11-24-21-17(22)13-26-20(27-21)16-12-25-19-15(16)8-5-9-23-19/h5,8-9,12-14H,2-4,6-7,10-11H2,1H3,(H,23,25)(H,24,26,27). The zero-order chi connectivity index (χ0) is 20.2. The topological polar surface area (TPSA) is 86.8 Å². The fraction of sp³-hybridized carbons (Fsp3) is 0.429. The number of hydrogen-bond donors (Lipinski definition) is 2. The Morgan fingerprint density at radius 3 is 3.14 bits per heavy atom. The number of halogens is 1. The molecule has 8 heteroatoms. The lowest BCUT2D eigenvalue weighted by Crippen LogP contribution is -2.47. The number of fused-ring (bicyclic) bond motifs is 1. The first-order chi connectivity index (χ1) is 14.2. The predicted molar refractivity (Wildman–Crippen MR) is 110 cm³/mol. The third-order valence-electron chi connectivity index (χ3n) is 5.35. The Bertz CT molecular complexity index is 1000. The summed E-state index contributed by atoms with van der Waals surface area (Å²) in [4.78, 5) is 30.3. The van der Waals surface area contributed by atoms with Crippen molar-refractivity contribution in [1.82, 2.24) is 24.8 Å². The Labute approximate surface area is 168 Å². The molecule has 29 heavy (non-hydrogen) atoms. The number of piperidine rings is 1. The molecule has 0 aliphatic carbocycles. The second kappa shape index (κ2) is 8.55. The van der Waals surface area contributed by atoms with E-state index in [-0.39, 0.29) is 17.8 Å². The van der Waals surface area contributed by atoms with Crippen molar-refractivity contribution >= 4 is 22.8 Å². The van der Waals surface area contributed by atoms with Gasteiger partial charge < -0.3 is 15.2 Å². The van der Waals surface area contributed by atoms with Crippen molar-refractivity contribution in [2.24, 2.45) is 0 Å². The molecule has 152 valence electrons. The number of aromatic amines is 1. The molecule has 1 aliphatic rings. The highest BCUT2D eigenvalue weighted by molar-refractivity contribution is 5.91. The van der Waals surface area contributed by atoms with Crippen LogP contribution in [-0.2, 0) is 4.79 Å². The lowest BCUT2D eigenvalue weighted by molar-refractivity contribution is -0.134. The van der Waals surface area contributed by atoms with Crippen LogP contribution in [0.25, 0.3) is 22.4 Å². The molecule has 1 amide bonds. The van der Waals surface area contributed by atoms with Crippen LogP contribution in [0.2, 0.25) is 0 Å². The van der Waals surface area contributed by atoms with Crippen molar-refractivity contribution in [3.05, 3.63) is 36.5 Å². The Hall–Kier alpha value is -3.03. The molecule has 4 rings (SSSR count). The van der Waals surface area contributed by atoms with Crippen molar-refractivity contribution in [3.8, 4) is 11.4 Å². The van der Waals surface area contributed by atoms with Crippen molar-refractivity contribution in [3.63, 3.8) is 0 Å². The number of pyridine rings is 1. The zero-order valence-electron chi connectivity index (χ0n) is 16.5. The molecule has 7 nitrogen and oxygen atoms in total. The van der Waals surface area contributed by atoms with E-state index in [1.165, 1.54) is 6.20 Å². The molecule has 0 aromatic carbocycles. The van der Waals surface area contributed by atoms with Gasteiger partial charge in [0.05, 0.1) is 6.20 Å². The van der Waals surface area contributed by atoms with Crippen LogP contribution in [-0.4, -0.2) is 49.9 Å². The summed E-state index contributed by atoms with van der Waals surface area (Å²) in [6.07, 6.45) is 9.05. The average molecular weight is 396 g/mol. The van der Waals surface area contributed by atoms with Crippen molar-refractivity contribution in [1.29, 1.82) is 0 Å². The molecule has 2 N–H and O–H groups in total. The van der Waals surface area contributed by atoms with E-state index in [1.807, 2.05) is 24.0 Å². The van der Waals surface area contributed by atoms with Gasteiger partial charge in [-0.1, -0.05) is 6.92 Å². The van der Waals surface area contributed by atoms with Crippen LogP contribution in [0.5, 0.6) is 0 Å². The first-order valence-corrected chi connectivity index (χ1v) is 10.2. The fourth-order valence-electron chi connectivity index (χ4n) is 3.87. The number of carbonyl (C=O) groups excluding carboxylic acids is 1. The monoisotopic (exact) mass is 396 g/mol. The molecular formula is C21H25FN6O. The zero-order valence-corrected chi connectivity index (χ0v) is 16.5. The molecule has 0 radical (unpaired) electrons. The van der Waals surface area contributed by atoms with E-state index in [2.05, 4.69) is 25.3 Å². The van der Waals surface area contributed by atoms with Crippen LogP contribution < -0.4 is 5.32 Å². The number of hydrogen-bond acceptors (Lipinski definition) is 5. The predicted octanol–water partition coefficient (Wildman–Crippen LogP) is 3.75. The fourth-order valence-corrected chi connectivity index (χ4v) is 3.87. The summed E-state index contributed by atoms with van der Waals surface area (Å²) in [5.74, 6) is 0.250. The molecule has 0 bridgehead atoms. The Balaban J connectivity index is 1.53. The van der Waals surface area contributed by atoms with Crippen LogP contribution in [0.3, 0.4) is 0 Å². The lowest BCUT2D eigenvalue weighted by atomic mass is 10.0. The van der Waals surface area contributed by atoms with Gasteiger partial charge in [-0.3, -0.25) is 4.79 Å². The summed E-state index contributed by atoms with van der Waals surface area (Å²) in [7, 11) is 0. The molecule has 1 saturated heterocycles. The largest absolute Gasteiger partial charge is 0.365 e. The number of rotatable bonds is 6. The minimum atomic E-state index is -0.506. The van der Waals surface area contributed by atoms with E-state index in [0.717, 1.165) is 48.8 Å². The van der Waals surface area contributed by atoms with Gasteiger partial charge in [-0.05, 0) is 37.8 Å². The highest BCUT2D eigenvalue weighted by Gasteiger charge is 2.26. The van der Waals surface area contributed by atoms with Gasteiger partial charge in [0.25, 0.3) is 0 Å². The third kappa shape index (κ3) is 4.06. The lowest BCUT2D eigenvalue weighted by Gasteiger charge is -2.36. The van der Waals surface area contributed by atoms with Gasteiger partial charge in [0.15, 0.2) is 17.5 Å². The van der Waals surface area contributed by atoms with Gasteiger partial charge in [-0.25, -0.2) is 19.3 Å². The molecule has 0 saturated carbocycles. The van der Waals surface area contributed by atoms with E-state index < -0.39 is 5.82 Å². The quantitative estimate of drug-likeness (QED) is 0.663. The van der Waals surface area contributed by atoms with Crippen LogP contribution in [0.1, 0.15) is 39.0 Å². The molecule has 1 unspecified atom stereocenters. The van der Waals surface area contributed by atoms with Crippen LogP contribution in [0, 0.1) is 5.82 Å². The number of H-pyrrole nitrogens is 1. The molecule has 1 fully saturated rings. The van der Waals surface area contributed by atoms with Crippen molar-refractivity contribution in [2.45, 2.75) is 45.1 Å². The summed E-state index contributed by atoms with van der Waals surface area (Å²) < 4.78 is 14.4. The van der Waals surface area contributed by atoms with E-state index in [1.54, 1.807) is 12.4 Å². The normalized spacial score (nSPS) is 16.9. The maximum atomic E-state index is 14.4. The average Bonchev–Trinajstić information content (AvgIpc) is 3.18. The molecular weight excluding hydrogens is 371 g/mol. The van der Waals surface area contributed by atoms with E-state index in [0.29, 0.717) is 18.8 Å². The van der Waals surface area contributed by atoms with Gasteiger partial charge in [-0.15, -0.1) is 0 Å². The number of carbonyl (C=O) groups is 1. The smallest absolute Gasteiger partial charge is 0.222 e. The number of aromatic nitrogens is 4. The van der Waals surface area contributed by atoms with Gasteiger partial charge in [0.1, 0.15) is 5.65 Å². The number of anilines is 1. The molecule has 3 aromatic rings. The molecule has 4 heterocycles. The highest BCUT2D eigenvalue weighted by Crippen LogP contribution is 2.26. The Kier molecular flexibility index (Phi) is 5.69. The first kappa shape index (κ1) is 19.3. The molecule has 3 aromatic heterocycles. The van der Waals surface area contributed by atoms with E-state index >= 15 is 0 Å². The van der Waals surface area contributed by atoms with Crippen LogP contribution in [0.4, 0.5) is 10.2 Å². The number of likely N-dealkylation sites (tertiary alicyclic amines) is 1. The van der Waals surface area contributed by atoms with Crippen molar-refractivity contribution < 1.29 is 9.18 Å². The second-order valence-electron chi connectivity index (χ2n) is 7.36. The Morgan fingerprint density at radius 1 is 1.38 bits per heavy atom. The summed E-state index contributed by atoms with van der Waals surface area (Å²) in [6.45, 7) is 3.25. The van der Waals surface area contributed by atoms with Gasteiger partial charge >= 0.3 is 0 Å². The van der Waals surface area contributed by atoms with Crippen LogP contribution in [0.15, 0.2) is 30.7 Å². The van der Waals surface area contributed by atoms with E-state index in [9.17, 15) is 9.18 Å².